The molecule has 1 saturated carbocycles. The number of rotatable bonds is 5. The molecule has 1 aromatic rings. The van der Waals surface area contributed by atoms with Gasteiger partial charge in [0.1, 0.15) is 11.9 Å². The molecule has 20 heavy (non-hydrogen) atoms. The number of nitrogens with one attached hydrogen (secondary N) is 1. The standard InChI is InChI=1S/C15H22N2O3/c1-10(20-12-5-3-4-6-12)15(18)17-13-8-7-11(16)9-14(13)19-2/h7-10,12H,3-6,16H2,1-2H3,(H,17,18). The first-order valence-electron chi connectivity index (χ1n) is 7.00. The lowest BCUT2D eigenvalue weighted by Crippen LogP contribution is -2.30. The quantitative estimate of drug-likeness (QED) is 0.812. The summed E-state index contributed by atoms with van der Waals surface area (Å²) in [5.41, 5.74) is 6.88. The number of amides is 1. The Bertz CT molecular complexity index is 470. The number of benzene rings is 1. The van der Waals surface area contributed by atoms with Crippen molar-refractivity contribution in [2.75, 3.05) is 18.2 Å². The zero-order chi connectivity index (χ0) is 14.5. The van der Waals surface area contributed by atoms with E-state index in [2.05, 4.69) is 5.32 Å². The number of hydrogen-bond acceptors (Lipinski definition) is 4. The smallest absolute Gasteiger partial charge is 0.253 e. The normalized spacial score (nSPS) is 16.9. The molecular weight excluding hydrogens is 256 g/mol. The van der Waals surface area contributed by atoms with E-state index in [0.29, 0.717) is 17.1 Å². The summed E-state index contributed by atoms with van der Waals surface area (Å²) in [6.07, 6.45) is 4.20. The van der Waals surface area contributed by atoms with Crippen molar-refractivity contribution < 1.29 is 14.3 Å². The van der Waals surface area contributed by atoms with E-state index in [1.54, 1.807) is 32.2 Å². The van der Waals surface area contributed by atoms with Crippen LogP contribution in [0.3, 0.4) is 0 Å². The van der Waals surface area contributed by atoms with Gasteiger partial charge < -0.3 is 20.5 Å². The molecule has 1 atom stereocenters. The molecule has 0 bridgehead atoms. The highest BCUT2D eigenvalue weighted by atomic mass is 16.5. The molecule has 0 aromatic heterocycles. The fourth-order valence-corrected chi connectivity index (χ4v) is 2.42. The zero-order valence-electron chi connectivity index (χ0n) is 12.0. The lowest BCUT2D eigenvalue weighted by Gasteiger charge is -2.18. The van der Waals surface area contributed by atoms with E-state index in [1.807, 2.05) is 0 Å². The molecular formula is C15H22N2O3. The van der Waals surface area contributed by atoms with Gasteiger partial charge in [0.25, 0.3) is 5.91 Å². The number of anilines is 2. The monoisotopic (exact) mass is 278 g/mol. The van der Waals surface area contributed by atoms with Gasteiger partial charge in [0.15, 0.2) is 0 Å². The largest absolute Gasteiger partial charge is 0.494 e. The van der Waals surface area contributed by atoms with E-state index < -0.39 is 6.10 Å². The second-order valence-electron chi connectivity index (χ2n) is 5.13. The van der Waals surface area contributed by atoms with Crippen LogP contribution in [0.4, 0.5) is 11.4 Å². The van der Waals surface area contributed by atoms with Crippen LogP contribution in [-0.2, 0) is 9.53 Å². The molecule has 0 aliphatic heterocycles. The van der Waals surface area contributed by atoms with Crippen LogP contribution in [-0.4, -0.2) is 25.2 Å². The van der Waals surface area contributed by atoms with Crippen LogP contribution >= 0.6 is 0 Å². The fraction of sp³-hybridized carbons (Fsp3) is 0.533. The summed E-state index contributed by atoms with van der Waals surface area (Å²) in [7, 11) is 1.54. The van der Waals surface area contributed by atoms with E-state index in [1.165, 1.54) is 12.8 Å². The molecule has 0 saturated heterocycles. The van der Waals surface area contributed by atoms with Crippen LogP contribution in [0.25, 0.3) is 0 Å². The maximum atomic E-state index is 12.1. The number of nitrogens with two attached hydrogens (primary N) is 1. The van der Waals surface area contributed by atoms with Gasteiger partial charge >= 0.3 is 0 Å². The molecule has 0 spiro atoms. The van der Waals surface area contributed by atoms with Gasteiger partial charge in [-0.25, -0.2) is 0 Å². The summed E-state index contributed by atoms with van der Waals surface area (Å²) in [6, 6.07) is 5.13. The van der Waals surface area contributed by atoms with Gasteiger partial charge in [0.2, 0.25) is 0 Å². The number of hydrogen-bond donors (Lipinski definition) is 2. The summed E-state index contributed by atoms with van der Waals surface area (Å²) in [5, 5.41) is 2.82. The Hall–Kier alpha value is -1.75. The second-order valence-corrected chi connectivity index (χ2v) is 5.13. The van der Waals surface area contributed by atoms with Gasteiger partial charge in [-0.2, -0.15) is 0 Å². The molecule has 1 aliphatic carbocycles. The Morgan fingerprint density at radius 1 is 1.40 bits per heavy atom. The van der Waals surface area contributed by atoms with Crippen molar-refractivity contribution in [2.45, 2.75) is 44.8 Å². The maximum Gasteiger partial charge on any atom is 0.253 e. The number of carbonyl (C=O) groups is 1. The molecule has 110 valence electrons. The zero-order valence-corrected chi connectivity index (χ0v) is 12.0. The molecule has 1 amide bonds. The number of methoxy groups -OCH3 is 1. The Kier molecular flexibility index (Phi) is 4.84. The van der Waals surface area contributed by atoms with Gasteiger partial charge in [-0.05, 0) is 31.9 Å². The summed E-state index contributed by atoms with van der Waals surface area (Å²) < 4.78 is 11.0. The van der Waals surface area contributed by atoms with Crippen molar-refractivity contribution in [1.29, 1.82) is 0 Å². The van der Waals surface area contributed by atoms with Crippen LogP contribution in [0.1, 0.15) is 32.6 Å². The molecule has 0 heterocycles. The number of nitrogen functional groups attached to an aromatic ring is 1. The summed E-state index contributed by atoms with van der Waals surface area (Å²) in [4.78, 5) is 12.1. The first kappa shape index (κ1) is 14.7. The van der Waals surface area contributed by atoms with E-state index in [0.717, 1.165) is 12.8 Å². The molecule has 2 rings (SSSR count). The van der Waals surface area contributed by atoms with Gasteiger partial charge in [0.05, 0.1) is 18.9 Å². The van der Waals surface area contributed by atoms with Crippen molar-refractivity contribution in [1.82, 2.24) is 0 Å². The third-order valence-corrected chi connectivity index (χ3v) is 3.55. The highest BCUT2D eigenvalue weighted by Crippen LogP contribution is 2.27. The third kappa shape index (κ3) is 3.63. The fourth-order valence-electron chi connectivity index (χ4n) is 2.42. The van der Waals surface area contributed by atoms with E-state index in [-0.39, 0.29) is 12.0 Å². The van der Waals surface area contributed by atoms with Gasteiger partial charge in [-0.3, -0.25) is 4.79 Å². The predicted octanol–water partition coefficient (Wildman–Crippen LogP) is 2.56. The summed E-state index contributed by atoms with van der Waals surface area (Å²) >= 11 is 0. The Morgan fingerprint density at radius 2 is 2.10 bits per heavy atom. The second kappa shape index (κ2) is 6.61. The first-order valence-corrected chi connectivity index (χ1v) is 7.00. The minimum Gasteiger partial charge on any atom is -0.494 e. The van der Waals surface area contributed by atoms with Crippen molar-refractivity contribution in [3.8, 4) is 5.75 Å². The Balaban J connectivity index is 1.96. The van der Waals surface area contributed by atoms with Gasteiger partial charge in [-0.1, -0.05) is 12.8 Å². The van der Waals surface area contributed by atoms with Crippen molar-refractivity contribution in [3.63, 3.8) is 0 Å². The molecule has 1 unspecified atom stereocenters. The molecule has 0 radical (unpaired) electrons. The van der Waals surface area contributed by atoms with Crippen LogP contribution in [0, 0.1) is 0 Å². The average Bonchev–Trinajstić information content (AvgIpc) is 2.93. The topological polar surface area (TPSA) is 73.6 Å². The predicted molar refractivity (Wildman–Crippen MR) is 78.8 cm³/mol. The Morgan fingerprint density at radius 3 is 2.75 bits per heavy atom. The molecule has 5 nitrogen and oxygen atoms in total. The number of carbonyl (C=O) groups excluding carboxylic acids is 1. The minimum absolute atomic E-state index is 0.167. The van der Waals surface area contributed by atoms with Crippen LogP contribution < -0.4 is 15.8 Å². The highest BCUT2D eigenvalue weighted by Gasteiger charge is 2.22. The molecule has 1 aliphatic rings. The van der Waals surface area contributed by atoms with E-state index >= 15 is 0 Å². The Labute approximate surface area is 119 Å². The van der Waals surface area contributed by atoms with Crippen molar-refractivity contribution in [2.24, 2.45) is 0 Å². The van der Waals surface area contributed by atoms with Gasteiger partial charge in [-0.15, -0.1) is 0 Å². The van der Waals surface area contributed by atoms with E-state index in [9.17, 15) is 4.79 Å². The van der Waals surface area contributed by atoms with Crippen molar-refractivity contribution >= 4 is 17.3 Å². The first-order chi connectivity index (χ1) is 9.60. The average molecular weight is 278 g/mol. The highest BCUT2D eigenvalue weighted by molar-refractivity contribution is 5.95. The molecule has 1 aromatic carbocycles. The lowest BCUT2D eigenvalue weighted by molar-refractivity contribution is -0.129. The van der Waals surface area contributed by atoms with E-state index in [4.69, 9.17) is 15.2 Å². The SMILES string of the molecule is COc1cc(N)ccc1NC(=O)C(C)OC1CCCC1. The minimum atomic E-state index is -0.472. The maximum absolute atomic E-state index is 12.1. The third-order valence-electron chi connectivity index (χ3n) is 3.55. The van der Waals surface area contributed by atoms with Crippen LogP contribution in [0.15, 0.2) is 18.2 Å². The molecule has 5 heteroatoms. The molecule has 1 fully saturated rings. The van der Waals surface area contributed by atoms with Crippen LogP contribution in [0.2, 0.25) is 0 Å². The summed E-state index contributed by atoms with van der Waals surface area (Å²) in [5.74, 6) is 0.381. The van der Waals surface area contributed by atoms with Crippen LogP contribution in [0.5, 0.6) is 5.75 Å². The van der Waals surface area contributed by atoms with Crippen molar-refractivity contribution in [3.05, 3.63) is 18.2 Å². The number of ether oxygens (including phenoxy) is 2. The van der Waals surface area contributed by atoms with Gasteiger partial charge in [0, 0.05) is 11.8 Å². The summed E-state index contributed by atoms with van der Waals surface area (Å²) in [6.45, 7) is 1.78. The lowest BCUT2D eigenvalue weighted by atomic mass is 10.2. The molecule has 3 N–H and O–H groups in total.